The minimum Gasteiger partial charge on any atom is -0.455 e. The second-order valence-electron chi connectivity index (χ2n) is 7.28. The standard InChI is InChI=1S/C20H21BrN2O2/c1-20-11-3-2-4-16(20)18(20)19(24)23-22-12-15-9-10-17(25-15)13-5-7-14(21)8-6-13/h5-10,12,16,18H,2-4,11H2,1H3,(H,23,24)/b22-12+/t16-,18-,20+/m1/s1. The maximum atomic E-state index is 12.4. The van der Waals surface area contributed by atoms with E-state index < -0.39 is 0 Å². The fraction of sp³-hybridized carbons (Fsp3) is 0.400. The SMILES string of the molecule is C[C@]12CCCC[C@@H]1[C@@H]2C(=O)N/N=C/c1ccc(-c2ccc(Br)cc2)o1. The predicted molar refractivity (Wildman–Crippen MR) is 101 cm³/mol. The molecule has 0 radical (unpaired) electrons. The van der Waals surface area contributed by atoms with Crippen LogP contribution in [0.5, 0.6) is 0 Å². The number of hydrogen-bond acceptors (Lipinski definition) is 3. The van der Waals surface area contributed by atoms with Gasteiger partial charge in [0.15, 0.2) is 0 Å². The molecule has 2 saturated carbocycles. The van der Waals surface area contributed by atoms with Crippen molar-refractivity contribution in [1.29, 1.82) is 0 Å². The van der Waals surface area contributed by atoms with Crippen LogP contribution in [0.25, 0.3) is 11.3 Å². The van der Waals surface area contributed by atoms with Crippen molar-refractivity contribution in [3.63, 3.8) is 0 Å². The number of hydrazone groups is 1. The summed E-state index contributed by atoms with van der Waals surface area (Å²) in [6.07, 6.45) is 6.39. The number of furan rings is 1. The summed E-state index contributed by atoms with van der Waals surface area (Å²) in [7, 11) is 0. The Hall–Kier alpha value is -1.88. The van der Waals surface area contributed by atoms with E-state index in [1.807, 2.05) is 36.4 Å². The van der Waals surface area contributed by atoms with Crippen LogP contribution in [0.15, 0.2) is 50.4 Å². The smallest absolute Gasteiger partial charge is 0.244 e. The van der Waals surface area contributed by atoms with E-state index in [0.717, 1.165) is 22.2 Å². The van der Waals surface area contributed by atoms with Crippen molar-refractivity contribution in [3.05, 3.63) is 46.6 Å². The van der Waals surface area contributed by atoms with Gasteiger partial charge in [-0.05, 0) is 48.4 Å². The van der Waals surface area contributed by atoms with Gasteiger partial charge in [-0.15, -0.1) is 0 Å². The number of hydrogen-bond donors (Lipinski definition) is 1. The lowest BCUT2D eigenvalue weighted by atomic mass is 9.90. The van der Waals surface area contributed by atoms with Gasteiger partial charge in [0.25, 0.3) is 0 Å². The van der Waals surface area contributed by atoms with Crippen LogP contribution < -0.4 is 5.43 Å². The highest BCUT2D eigenvalue weighted by Gasteiger charge is 2.64. The molecule has 1 amide bonds. The molecule has 4 nitrogen and oxygen atoms in total. The summed E-state index contributed by atoms with van der Waals surface area (Å²) in [5, 5.41) is 4.09. The molecule has 0 aliphatic heterocycles. The molecule has 0 spiro atoms. The van der Waals surface area contributed by atoms with Crippen molar-refractivity contribution in [3.8, 4) is 11.3 Å². The molecule has 2 aliphatic carbocycles. The quantitative estimate of drug-likeness (QED) is 0.580. The number of amides is 1. The second-order valence-corrected chi connectivity index (χ2v) is 8.19. The molecule has 4 rings (SSSR count). The highest BCUT2D eigenvalue weighted by molar-refractivity contribution is 9.10. The fourth-order valence-electron chi connectivity index (χ4n) is 4.27. The molecule has 5 heteroatoms. The summed E-state index contributed by atoms with van der Waals surface area (Å²) < 4.78 is 6.80. The Morgan fingerprint density at radius 3 is 2.80 bits per heavy atom. The Labute approximate surface area is 155 Å². The maximum Gasteiger partial charge on any atom is 0.244 e. The van der Waals surface area contributed by atoms with E-state index in [0.29, 0.717) is 11.7 Å². The fourth-order valence-corrected chi connectivity index (χ4v) is 4.54. The first-order chi connectivity index (χ1) is 12.1. The average Bonchev–Trinajstić information content (AvgIpc) is 2.96. The molecule has 25 heavy (non-hydrogen) atoms. The van der Waals surface area contributed by atoms with Crippen LogP contribution in [0.3, 0.4) is 0 Å². The van der Waals surface area contributed by atoms with E-state index in [-0.39, 0.29) is 17.2 Å². The molecular weight excluding hydrogens is 380 g/mol. The normalized spacial score (nSPS) is 27.9. The monoisotopic (exact) mass is 400 g/mol. The number of carbonyl (C=O) groups excluding carboxylic acids is 1. The Balaban J connectivity index is 1.37. The van der Waals surface area contributed by atoms with E-state index in [1.165, 1.54) is 19.3 Å². The topological polar surface area (TPSA) is 54.6 Å². The zero-order valence-electron chi connectivity index (χ0n) is 14.2. The van der Waals surface area contributed by atoms with Crippen LogP contribution in [0.1, 0.15) is 38.4 Å². The van der Waals surface area contributed by atoms with Gasteiger partial charge in [-0.3, -0.25) is 4.79 Å². The summed E-state index contributed by atoms with van der Waals surface area (Å²) in [5.74, 6) is 2.12. The minimum absolute atomic E-state index is 0.0466. The van der Waals surface area contributed by atoms with Crippen LogP contribution in [0.2, 0.25) is 0 Å². The summed E-state index contributed by atoms with van der Waals surface area (Å²) in [4.78, 5) is 12.4. The van der Waals surface area contributed by atoms with Gasteiger partial charge in [-0.2, -0.15) is 5.10 Å². The van der Waals surface area contributed by atoms with Gasteiger partial charge in [0.2, 0.25) is 5.91 Å². The third-order valence-corrected chi connectivity index (χ3v) is 6.26. The number of carbonyl (C=O) groups is 1. The van der Waals surface area contributed by atoms with Crippen molar-refractivity contribution in [1.82, 2.24) is 5.43 Å². The van der Waals surface area contributed by atoms with Crippen molar-refractivity contribution >= 4 is 28.1 Å². The van der Waals surface area contributed by atoms with Gasteiger partial charge >= 0.3 is 0 Å². The van der Waals surface area contributed by atoms with Gasteiger partial charge < -0.3 is 4.42 Å². The molecule has 0 unspecified atom stereocenters. The Morgan fingerprint density at radius 1 is 1.28 bits per heavy atom. The third kappa shape index (κ3) is 3.17. The molecular formula is C20H21BrN2O2. The predicted octanol–water partition coefficient (Wildman–Crippen LogP) is 4.99. The largest absolute Gasteiger partial charge is 0.455 e. The summed E-state index contributed by atoms with van der Waals surface area (Å²) >= 11 is 3.42. The molecule has 2 aliphatic rings. The first kappa shape index (κ1) is 16.6. The number of benzene rings is 1. The van der Waals surface area contributed by atoms with Crippen LogP contribution in [0.4, 0.5) is 0 Å². The summed E-state index contributed by atoms with van der Waals surface area (Å²) in [5.41, 5.74) is 3.90. The van der Waals surface area contributed by atoms with Gasteiger partial charge in [-0.25, -0.2) is 5.43 Å². The van der Waals surface area contributed by atoms with Crippen LogP contribution >= 0.6 is 15.9 Å². The Bertz CT molecular complexity index is 811. The van der Waals surface area contributed by atoms with Crippen molar-refractivity contribution < 1.29 is 9.21 Å². The van der Waals surface area contributed by atoms with Gasteiger partial charge in [0.05, 0.1) is 6.21 Å². The lowest BCUT2D eigenvalue weighted by Gasteiger charge is -2.15. The van der Waals surface area contributed by atoms with E-state index in [9.17, 15) is 4.79 Å². The van der Waals surface area contributed by atoms with Crippen LogP contribution in [-0.4, -0.2) is 12.1 Å². The van der Waals surface area contributed by atoms with Crippen LogP contribution in [0, 0.1) is 17.3 Å². The third-order valence-electron chi connectivity index (χ3n) is 5.74. The average molecular weight is 401 g/mol. The number of nitrogens with one attached hydrogen (secondary N) is 1. The molecule has 1 aromatic heterocycles. The van der Waals surface area contributed by atoms with Gasteiger partial charge in [-0.1, -0.05) is 47.8 Å². The molecule has 3 atom stereocenters. The van der Waals surface area contributed by atoms with Crippen molar-refractivity contribution in [2.75, 3.05) is 0 Å². The van der Waals surface area contributed by atoms with E-state index >= 15 is 0 Å². The molecule has 1 N–H and O–H groups in total. The zero-order chi connectivity index (χ0) is 17.4. The van der Waals surface area contributed by atoms with E-state index in [1.54, 1.807) is 6.21 Å². The first-order valence-electron chi connectivity index (χ1n) is 8.77. The molecule has 0 bridgehead atoms. The lowest BCUT2D eigenvalue weighted by molar-refractivity contribution is -0.123. The summed E-state index contributed by atoms with van der Waals surface area (Å²) in [6.45, 7) is 2.24. The highest BCUT2D eigenvalue weighted by atomic mass is 79.9. The molecule has 1 heterocycles. The highest BCUT2D eigenvalue weighted by Crippen LogP contribution is 2.66. The molecule has 2 aromatic rings. The van der Waals surface area contributed by atoms with Crippen molar-refractivity contribution in [2.24, 2.45) is 22.4 Å². The second kappa shape index (κ2) is 6.45. The summed E-state index contributed by atoms with van der Waals surface area (Å²) in [6, 6.07) is 11.7. The van der Waals surface area contributed by atoms with Crippen LogP contribution in [-0.2, 0) is 4.79 Å². The van der Waals surface area contributed by atoms with Gasteiger partial charge in [0, 0.05) is 16.0 Å². The molecule has 130 valence electrons. The minimum atomic E-state index is 0.0466. The van der Waals surface area contributed by atoms with Gasteiger partial charge in [0.1, 0.15) is 11.5 Å². The van der Waals surface area contributed by atoms with Crippen molar-refractivity contribution in [2.45, 2.75) is 32.6 Å². The Kier molecular flexibility index (Phi) is 4.28. The number of fused-ring (bicyclic) bond motifs is 1. The molecule has 1 aromatic carbocycles. The molecule has 2 fully saturated rings. The zero-order valence-corrected chi connectivity index (χ0v) is 15.8. The number of rotatable bonds is 4. The number of nitrogens with zero attached hydrogens (tertiary/aromatic N) is 1. The number of halogens is 1. The first-order valence-corrected chi connectivity index (χ1v) is 9.56. The van der Waals surface area contributed by atoms with E-state index in [4.69, 9.17) is 4.42 Å². The lowest BCUT2D eigenvalue weighted by Crippen LogP contribution is -2.22. The molecule has 0 saturated heterocycles. The Morgan fingerprint density at radius 2 is 2.08 bits per heavy atom. The maximum absolute atomic E-state index is 12.4. The van der Waals surface area contributed by atoms with E-state index in [2.05, 4.69) is 33.4 Å².